The molecule has 1 saturated heterocycles. The second-order valence-electron chi connectivity index (χ2n) is 10.5. The smallest absolute Gasteiger partial charge is 0.270 e. The van der Waals surface area contributed by atoms with Crippen molar-refractivity contribution in [2.45, 2.75) is 57.8 Å². The Kier molecular flexibility index (Phi) is 8.79. The van der Waals surface area contributed by atoms with Crippen LogP contribution < -0.4 is 10.2 Å². The van der Waals surface area contributed by atoms with Crippen LogP contribution in [0.5, 0.6) is 0 Å². The molecule has 1 amide bonds. The summed E-state index contributed by atoms with van der Waals surface area (Å²) in [7, 11) is 4.41. The average molecular weight is 482 g/mol. The summed E-state index contributed by atoms with van der Waals surface area (Å²) in [6.45, 7) is 4.33. The summed E-state index contributed by atoms with van der Waals surface area (Å²) in [4.78, 5) is 19.5. The van der Waals surface area contributed by atoms with E-state index in [0.717, 1.165) is 28.4 Å². The second kappa shape index (κ2) is 12.0. The summed E-state index contributed by atoms with van der Waals surface area (Å²) in [5.74, 6) is 0.479. The third-order valence-electron chi connectivity index (χ3n) is 7.44. The summed E-state index contributed by atoms with van der Waals surface area (Å²) < 4.78 is 1.12. The van der Waals surface area contributed by atoms with Gasteiger partial charge in [-0.25, -0.2) is 4.98 Å². The van der Waals surface area contributed by atoms with Gasteiger partial charge in [0.2, 0.25) is 0 Å². The number of hydrogen-bond acceptors (Lipinski definition) is 4. The van der Waals surface area contributed by atoms with Crippen molar-refractivity contribution in [2.75, 3.05) is 45.2 Å². The molecule has 5 nitrogen and oxygen atoms in total. The van der Waals surface area contributed by atoms with Gasteiger partial charge in [0.25, 0.3) is 5.91 Å². The van der Waals surface area contributed by atoms with Crippen molar-refractivity contribution < 1.29 is 9.28 Å². The highest BCUT2D eigenvalue weighted by Gasteiger charge is 2.32. The van der Waals surface area contributed by atoms with Crippen LogP contribution in [0.25, 0.3) is 0 Å². The molecule has 4 rings (SSSR count). The van der Waals surface area contributed by atoms with Gasteiger partial charge in [0.15, 0.2) is 5.13 Å². The molecule has 2 unspecified atom stereocenters. The lowest BCUT2D eigenvalue weighted by Gasteiger charge is -2.42. The molecule has 1 aliphatic heterocycles. The highest BCUT2D eigenvalue weighted by molar-refractivity contribution is 7.14. The largest absolute Gasteiger partial charge is 0.350 e. The molecule has 1 aromatic heterocycles. The molecule has 2 atom stereocenters. The van der Waals surface area contributed by atoms with Crippen molar-refractivity contribution in [3.63, 3.8) is 0 Å². The van der Waals surface area contributed by atoms with E-state index in [0.29, 0.717) is 11.6 Å². The van der Waals surface area contributed by atoms with E-state index in [1.165, 1.54) is 82.2 Å². The minimum Gasteiger partial charge on any atom is -0.350 e. The SMILES string of the molecule is CN(c1ccccc1)c1nc(C(=O)NCC2CCC[N+](C)(C/C3=C/CCCCCCC3)C2)cs1. The van der Waals surface area contributed by atoms with E-state index >= 15 is 0 Å². The number of allylic oxidation sites excluding steroid dienone is 1. The molecule has 6 heteroatoms. The highest BCUT2D eigenvalue weighted by Crippen LogP contribution is 2.28. The zero-order valence-corrected chi connectivity index (χ0v) is 21.8. The zero-order valence-electron chi connectivity index (χ0n) is 21.0. The number of likely N-dealkylation sites (N-methyl/N-ethyl adjacent to an activating group) is 1. The minimum atomic E-state index is -0.0530. The summed E-state index contributed by atoms with van der Waals surface area (Å²) in [5, 5.41) is 5.90. The standard InChI is InChI=1S/C28H40N4OS/c1-31(25-16-10-7-11-17-25)28-30-26(22-34-28)27(33)29-19-24-15-12-18-32(2,21-24)20-23-13-8-5-3-4-6-9-14-23/h7,10-11,13,16-17,22,24H,3-6,8-9,12,14-15,18-21H2,1-2H3/p+1/b23-13+. The van der Waals surface area contributed by atoms with Crippen molar-refractivity contribution >= 4 is 28.1 Å². The average Bonchev–Trinajstić information content (AvgIpc) is 3.37. The number of aromatic nitrogens is 1. The Labute approximate surface area is 209 Å². The molecule has 184 valence electrons. The number of para-hydroxylation sites is 1. The number of likely N-dealkylation sites (tertiary alicyclic amines) is 1. The molecule has 2 heterocycles. The van der Waals surface area contributed by atoms with Crippen LogP contribution in [-0.2, 0) is 0 Å². The molecule has 34 heavy (non-hydrogen) atoms. The van der Waals surface area contributed by atoms with E-state index in [2.05, 4.69) is 23.4 Å². The van der Waals surface area contributed by atoms with E-state index in [1.807, 2.05) is 47.7 Å². The predicted molar refractivity (Wildman–Crippen MR) is 143 cm³/mol. The number of nitrogens with one attached hydrogen (secondary N) is 1. The fourth-order valence-corrected chi connectivity index (χ4v) is 6.35. The summed E-state index contributed by atoms with van der Waals surface area (Å²) >= 11 is 1.51. The molecule has 1 aromatic carbocycles. The number of piperidine rings is 1. The fourth-order valence-electron chi connectivity index (χ4n) is 5.56. The number of anilines is 2. The highest BCUT2D eigenvalue weighted by atomic mass is 32.1. The van der Waals surface area contributed by atoms with Crippen LogP contribution in [0.2, 0.25) is 0 Å². The van der Waals surface area contributed by atoms with Crippen molar-refractivity contribution in [3.8, 4) is 0 Å². The van der Waals surface area contributed by atoms with Crippen LogP contribution in [0.1, 0.15) is 68.3 Å². The number of nitrogens with zero attached hydrogens (tertiary/aromatic N) is 3. The second-order valence-corrected chi connectivity index (χ2v) is 11.3. The van der Waals surface area contributed by atoms with Gasteiger partial charge in [0.05, 0.1) is 20.1 Å². The molecule has 1 fully saturated rings. The van der Waals surface area contributed by atoms with Crippen LogP contribution >= 0.6 is 11.3 Å². The Bertz CT molecular complexity index is 956. The van der Waals surface area contributed by atoms with Crippen molar-refractivity contribution in [1.82, 2.24) is 10.3 Å². The Morgan fingerprint density at radius 2 is 1.94 bits per heavy atom. The summed E-state index contributed by atoms with van der Waals surface area (Å²) in [6.07, 6.45) is 14.4. The summed E-state index contributed by atoms with van der Waals surface area (Å²) in [5.41, 5.74) is 3.26. The molecule has 1 aliphatic carbocycles. The maximum Gasteiger partial charge on any atom is 0.270 e. The third kappa shape index (κ3) is 6.92. The maximum absolute atomic E-state index is 12.8. The van der Waals surface area contributed by atoms with Crippen LogP contribution in [-0.4, -0.2) is 55.6 Å². The molecule has 0 bridgehead atoms. The predicted octanol–water partition coefficient (Wildman–Crippen LogP) is 6.17. The first-order valence-electron chi connectivity index (χ1n) is 13.1. The zero-order chi connectivity index (χ0) is 23.8. The number of quaternary nitrogens is 1. The Hall–Kier alpha value is -2.18. The van der Waals surface area contributed by atoms with Gasteiger partial charge in [-0.1, -0.05) is 43.5 Å². The number of carbonyl (C=O) groups is 1. The maximum atomic E-state index is 12.8. The quantitative estimate of drug-likeness (QED) is 0.380. The lowest BCUT2D eigenvalue weighted by atomic mass is 9.94. The van der Waals surface area contributed by atoms with Gasteiger partial charge < -0.3 is 14.7 Å². The fraction of sp³-hybridized carbons (Fsp3) is 0.571. The topological polar surface area (TPSA) is 45.2 Å². The van der Waals surface area contributed by atoms with Crippen molar-refractivity contribution in [3.05, 3.63) is 53.1 Å². The van der Waals surface area contributed by atoms with E-state index in [9.17, 15) is 4.79 Å². The van der Waals surface area contributed by atoms with Crippen molar-refractivity contribution in [2.24, 2.45) is 5.92 Å². The molecule has 0 radical (unpaired) electrons. The monoisotopic (exact) mass is 481 g/mol. The lowest BCUT2D eigenvalue weighted by Crippen LogP contribution is -2.53. The van der Waals surface area contributed by atoms with E-state index in [-0.39, 0.29) is 5.91 Å². The van der Waals surface area contributed by atoms with Crippen LogP contribution in [0.3, 0.4) is 0 Å². The Morgan fingerprint density at radius 1 is 1.15 bits per heavy atom. The van der Waals surface area contributed by atoms with Gasteiger partial charge >= 0.3 is 0 Å². The molecule has 0 spiro atoms. The normalized spacial score (nSPS) is 25.4. The molecular formula is C28H41N4OS+. The molecule has 0 saturated carbocycles. The van der Waals surface area contributed by atoms with E-state index in [4.69, 9.17) is 0 Å². The van der Waals surface area contributed by atoms with Gasteiger partial charge in [0.1, 0.15) is 12.2 Å². The lowest BCUT2D eigenvalue weighted by molar-refractivity contribution is -0.913. The third-order valence-corrected chi connectivity index (χ3v) is 8.35. The first kappa shape index (κ1) is 24.9. The molecule has 2 aromatic rings. The minimum absolute atomic E-state index is 0.0530. The van der Waals surface area contributed by atoms with Crippen molar-refractivity contribution in [1.29, 1.82) is 0 Å². The first-order valence-corrected chi connectivity index (χ1v) is 13.9. The van der Waals surface area contributed by atoms with E-state index < -0.39 is 0 Å². The van der Waals surface area contributed by atoms with Gasteiger partial charge in [-0.15, -0.1) is 11.3 Å². The number of carbonyl (C=O) groups excluding carboxylic acids is 1. The first-order chi connectivity index (χ1) is 16.5. The van der Waals surface area contributed by atoms with E-state index in [1.54, 1.807) is 5.57 Å². The van der Waals surface area contributed by atoms with Crippen LogP contribution in [0, 0.1) is 5.92 Å². The number of benzene rings is 1. The van der Waals surface area contributed by atoms with Crippen LogP contribution in [0.4, 0.5) is 10.8 Å². The number of thiazole rings is 1. The van der Waals surface area contributed by atoms with Crippen LogP contribution in [0.15, 0.2) is 47.4 Å². The van der Waals surface area contributed by atoms with Gasteiger partial charge in [-0.05, 0) is 56.2 Å². The van der Waals surface area contributed by atoms with Gasteiger partial charge in [0, 0.05) is 30.6 Å². The Balaban J connectivity index is 1.29. The number of amides is 1. The number of rotatable bonds is 7. The Morgan fingerprint density at radius 3 is 2.79 bits per heavy atom. The van der Waals surface area contributed by atoms with Gasteiger partial charge in [-0.3, -0.25) is 4.79 Å². The molecule has 2 aliphatic rings. The molecular weight excluding hydrogens is 440 g/mol. The number of hydrogen-bond donors (Lipinski definition) is 1. The summed E-state index contributed by atoms with van der Waals surface area (Å²) in [6, 6.07) is 10.1. The van der Waals surface area contributed by atoms with Gasteiger partial charge in [-0.2, -0.15) is 0 Å². The molecule has 1 N–H and O–H groups in total.